The van der Waals surface area contributed by atoms with Crippen LogP contribution in [-0.4, -0.2) is 35.5 Å². The highest BCUT2D eigenvalue weighted by atomic mass is 16.2. The van der Waals surface area contributed by atoms with Gasteiger partial charge in [0.15, 0.2) is 0 Å². The molecule has 0 aliphatic carbocycles. The van der Waals surface area contributed by atoms with E-state index in [1.807, 2.05) is 4.90 Å². The topological polar surface area (TPSA) is 84.1 Å². The number of nitrogens with zero attached hydrogens (tertiary/aromatic N) is 3. The number of nitrogens with two attached hydrogens (primary N) is 1. The lowest BCUT2D eigenvalue weighted by molar-refractivity contribution is -0.119. The summed E-state index contributed by atoms with van der Waals surface area (Å²) >= 11 is 0. The normalized spacial score (nSPS) is 16.3. The highest BCUT2D eigenvalue weighted by Gasteiger charge is 2.17. The van der Waals surface area contributed by atoms with Crippen LogP contribution in [0.1, 0.15) is 25.6 Å². The van der Waals surface area contributed by atoms with Crippen molar-refractivity contribution >= 4 is 17.5 Å². The molecule has 6 nitrogen and oxygen atoms in total. The van der Waals surface area contributed by atoms with Crippen LogP contribution in [0.2, 0.25) is 0 Å². The van der Waals surface area contributed by atoms with Crippen molar-refractivity contribution in [1.82, 2.24) is 15.3 Å². The third kappa shape index (κ3) is 3.09. The Morgan fingerprint density at radius 3 is 3.11 bits per heavy atom. The summed E-state index contributed by atoms with van der Waals surface area (Å²) in [4.78, 5) is 22.2. The van der Waals surface area contributed by atoms with Gasteiger partial charge in [0.1, 0.15) is 17.5 Å². The molecule has 2 rings (SSSR count). The molecule has 2 heterocycles. The minimum Gasteiger partial charge on any atom is -0.384 e. The summed E-state index contributed by atoms with van der Waals surface area (Å²) in [5.41, 5.74) is 5.79. The first-order valence-corrected chi connectivity index (χ1v) is 6.34. The Labute approximate surface area is 107 Å². The van der Waals surface area contributed by atoms with Crippen LogP contribution in [0.4, 0.5) is 11.6 Å². The molecule has 0 saturated carbocycles. The summed E-state index contributed by atoms with van der Waals surface area (Å²) < 4.78 is 0. The Morgan fingerprint density at radius 1 is 1.50 bits per heavy atom. The van der Waals surface area contributed by atoms with Crippen LogP contribution in [0.5, 0.6) is 0 Å². The fraction of sp³-hybridized carbons (Fsp3) is 0.583. The highest BCUT2D eigenvalue weighted by molar-refractivity contribution is 5.81. The van der Waals surface area contributed by atoms with Crippen molar-refractivity contribution in [2.24, 2.45) is 0 Å². The van der Waals surface area contributed by atoms with Gasteiger partial charge >= 0.3 is 0 Å². The molecule has 6 heteroatoms. The highest BCUT2D eigenvalue weighted by Crippen LogP contribution is 2.16. The van der Waals surface area contributed by atoms with Gasteiger partial charge in [0, 0.05) is 25.6 Å². The number of carbonyl (C=O) groups excluding carboxylic acids is 1. The van der Waals surface area contributed by atoms with Crippen molar-refractivity contribution in [3.63, 3.8) is 0 Å². The van der Waals surface area contributed by atoms with Crippen molar-refractivity contribution in [2.45, 2.75) is 26.2 Å². The molecular formula is C12H19N5O. The van der Waals surface area contributed by atoms with Crippen LogP contribution in [0.15, 0.2) is 6.07 Å². The van der Waals surface area contributed by atoms with Gasteiger partial charge in [-0.2, -0.15) is 0 Å². The molecule has 1 fully saturated rings. The molecule has 0 unspecified atom stereocenters. The predicted molar refractivity (Wildman–Crippen MR) is 70.3 cm³/mol. The maximum atomic E-state index is 11.5. The first kappa shape index (κ1) is 12.6. The van der Waals surface area contributed by atoms with Gasteiger partial charge in [0.25, 0.3) is 0 Å². The first-order chi connectivity index (χ1) is 8.69. The van der Waals surface area contributed by atoms with E-state index < -0.39 is 0 Å². The second-order valence-corrected chi connectivity index (χ2v) is 4.44. The summed E-state index contributed by atoms with van der Waals surface area (Å²) in [6.07, 6.45) is 2.69. The van der Waals surface area contributed by atoms with Gasteiger partial charge in [-0.05, 0) is 12.8 Å². The van der Waals surface area contributed by atoms with Crippen LogP contribution < -0.4 is 16.0 Å². The molecular weight excluding hydrogens is 230 g/mol. The van der Waals surface area contributed by atoms with Crippen LogP contribution in [0, 0.1) is 0 Å². The summed E-state index contributed by atoms with van der Waals surface area (Å²) in [5.74, 6) is 2.00. The van der Waals surface area contributed by atoms with Crippen molar-refractivity contribution in [3.05, 3.63) is 11.9 Å². The predicted octanol–water partition coefficient (Wildman–Crippen LogP) is 0.338. The second kappa shape index (κ2) is 5.66. The number of aromatic nitrogens is 2. The minimum absolute atomic E-state index is 0.0294. The number of hydrogen-bond acceptors (Lipinski definition) is 5. The molecule has 0 bridgehead atoms. The number of aryl methyl sites for hydroxylation is 1. The van der Waals surface area contributed by atoms with Crippen molar-refractivity contribution < 1.29 is 4.79 Å². The molecule has 1 saturated heterocycles. The van der Waals surface area contributed by atoms with Gasteiger partial charge in [-0.1, -0.05) is 6.92 Å². The lowest BCUT2D eigenvalue weighted by Crippen LogP contribution is -2.33. The second-order valence-electron chi connectivity index (χ2n) is 4.44. The molecule has 18 heavy (non-hydrogen) atoms. The molecule has 0 atom stereocenters. The number of nitrogen functional groups attached to an aromatic ring is 1. The van der Waals surface area contributed by atoms with Gasteiger partial charge in [-0.25, -0.2) is 9.97 Å². The molecule has 1 aromatic heterocycles. The fourth-order valence-corrected chi connectivity index (χ4v) is 2.00. The van der Waals surface area contributed by atoms with E-state index in [2.05, 4.69) is 22.2 Å². The molecule has 1 aliphatic rings. The molecule has 98 valence electrons. The Morgan fingerprint density at radius 2 is 2.33 bits per heavy atom. The maximum absolute atomic E-state index is 11.5. The van der Waals surface area contributed by atoms with E-state index in [4.69, 9.17) is 5.73 Å². The van der Waals surface area contributed by atoms with E-state index in [9.17, 15) is 4.79 Å². The fourth-order valence-electron chi connectivity index (χ4n) is 2.00. The van der Waals surface area contributed by atoms with Crippen molar-refractivity contribution in [2.75, 3.05) is 30.3 Å². The number of amides is 1. The van der Waals surface area contributed by atoms with Gasteiger partial charge in [0.2, 0.25) is 5.91 Å². The summed E-state index contributed by atoms with van der Waals surface area (Å²) in [5, 5.41) is 2.84. The number of nitrogens with one attached hydrogen (secondary N) is 1. The van der Waals surface area contributed by atoms with E-state index in [-0.39, 0.29) is 5.91 Å². The lowest BCUT2D eigenvalue weighted by Gasteiger charge is -2.20. The molecule has 0 aromatic carbocycles. The molecule has 0 radical (unpaired) electrons. The number of rotatable bonds is 3. The molecule has 3 N–H and O–H groups in total. The lowest BCUT2D eigenvalue weighted by atomic mass is 10.3. The van der Waals surface area contributed by atoms with E-state index >= 15 is 0 Å². The summed E-state index contributed by atoms with van der Waals surface area (Å²) in [7, 11) is 0. The van der Waals surface area contributed by atoms with Crippen molar-refractivity contribution in [3.8, 4) is 0 Å². The van der Waals surface area contributed by atoms with Gasteiger partial charge < -0.3 is 16.0 Å². The first-order valence-electron chi connectivity index (χ1n) is 6.34. The maximum Gasteiger partial charge on any atom is 0.239 e. The quantitative estimate of drug-likeness (QED) is 0.807. The van der Waals surface area contributed by atoms with E-state index in [1.165, 1.54) is 0 Å². The van der Waals surface area contributed by atoms with Crippen LogP contribution in [-0.2, 0) is 11.2 Å². The Hall–Kier alpha value is -1.85. The zero-order chi connectivity index (χ0) is 13.0. The molecule has 1 amide bonds. The third-order valence-electron chi connectivity index (χ3n) is 2.84. The SMILES string of the molecule is CCCc1nc(N)cc(N2CCCNC(=O)C2)n1. The average molecular weight is 249 g/mol. The number of hydrogen-bond donors (Lipinski definition) is 2. The monoisotopic (exact) mass is 249 g/mol. The standard InChI is InChI=1S/C12H19N5O/c1-2-4-10-15-9(13)7-11(16-10)17-6-3-5-14-12(18)8-17/h7H,2-6,8H2,1H3,(H,14,18)(H2,13,15,16). The van der Waals surface area contributed by atoms with Crippen LogP contribution in [0.25, 0.3) is 0 Å². The largest absolute Gasteiger partial charge is 0.384 e. The van der Waals surface area contributed by atoms with E-state index in [0.717, 1.165) is 44.0 Å². The van der Waals surface area contributed by atoms with Crippen LogP contribution in [0.3, 0.4) is 0 Å². The Bertz CT molecular complexity index is 434. The van der Waals surface area contributed by atoms with E-state index in [0.29, 0.717) is 12.4 Å². The third-order valence-corrected chi connectivity index (χ3v) is 2.84. The number of carbonyl (C=O) groups is 1. The zero-order valence-electron chi connectivity index (χ0n) is 10.6. The summed E-state index contributed by atoms with van der Waals surface area (Å²) in [6.45, 7) is 3.94. The Balaban J connectivity index is 2.22. The summed E-state index contributed by atoms with van der Waals surface area (Å²) in [6, 6.07) is 1.73. The molecule has 1 aliphatic heterocycles. The zero-order valence-corrected chi connectivity index (χ0v) is 10.6. The van der Waals surface area contributed by atoms with Crippen molar-refractivity contribution in [1.29, 1.82) is 0 Å². The van der Waals surface area contributed by atoms with Gasteiger partial charge in [-0.15, -0.1) is 0 Å². The van der Waals surface area contributed by atoms with E-state index in [1.54, 1.807) is 6.07 Å². The minimum atomic E-state index is 0.0294. The Kier molecular flexibility index (Phi) is 3.96. The average Bonchev–Trinajstić information content (AvgIpc) is 2.53. The van der Waals surface area contributed by atoms with Gasteiger partial charge in [-0.3, -0.25) is 4.79 Å². The number of anilines is 2. The smallest absolute Gasteiger partial charge is 0.239 e. The van der Waals surface area contributed by atoms with Crippen LogP contribution >= 0.6 is 0 Å². The molecule has 1 aromatic rings. The van der Waals surface area contributed by atoms with Gasteiger partial charge in [0.05, 0.1) is 6.54 Å². The molecule has 0 spiro atoms.